The van der Waals surface area contributed by atoms with Gasteiger partial charge in [0.1, 0.15) is 5.82 Å². The summed E-state index contributed by atoms with van der Waals surface area (Å²) in [6.07, 6.45) is 3.63. The molecule has 18 heavy (non-hydrogen) atoms. The van der Waals surface area contributed by atoms with Crippen LogP contribution in [-0.2, 0) is 6.54 Å². The molecule has 1 aliphatic rings. The highest BCUT2D eigenvalue weighted by atomic mass is 19.1. The summed E-state index contributed by atoms with van der Waals surface area (Å²) in [6.45, 7) is 6.09. The molecule has 1 saturated heterocycles. The van der Waals surface area contributed by atoms with Crippen molar-refractivity contribution in [3.63, 3.8) is 0 Å². The van der Waals surface area contributed by atoms with Crippen molar-refractivity contribution < 1.29 is 4.39 Å². The number of halogens is 1. The summed E-state index contributed by atoms with van der Waals surface area (Å²) >= 11 is 0. The van der Waals surface area contributed by atoms with Crippen LogP contribution < -0.4 is 5.32 Å². The van der Waals surface area contributed by atoms with Crippen LogP contribution in [0.2, 0.25) is 0 Å². The van der Waals surface area contributed by atoms with Crippen molar-refractivity contribution in [2.24, 2.45) is 0 Å². The average molecular weight is 250 g/mol. The molecule has 1 fully saturated rings. The maximum atomic E-state index is 13.7. The van der Waals surface area contributed by atoms with Gasteiger partial charge >= 0.3 is 0 Å². The maximum absolute atomic E-state index is 13.7. The Bertz CT molecular complexity index is 361. The van der Waals surface area contributed by atoms with Gasteiger partial charge in [0.2, 0.25) is 0 Å². The monoisotopic (exact) mass is 250 g/mol. The molecule has 1 heterocycles. The molecule has 0 amide bonds. The number of nitrogens with one attached hydrogen (secondary N) is 1. The summed E-state index contributed by atoms with van der Waals surface area (Å²) in [5.74, 6) is -0.0852. The summed E-state index contributed by atoms with van der Waals surface area (Å²) in [5, 5.41) is 3.51. The lowest BCUT2D eigenvalue weighted by molar-refractivity contribution is 0.238. The van der Waals surface area contributed by atoms with Crippen LogP contribution in [-0.4, -0.2) is 30.6 Å². The molecule has 3 heteroatoms. The second-order valence-corrected chi connectivity index (χ2v) is 5.12. The first kappa shape index (κ1) is 13.5. The Balaban J connectivity index is 1.94. The van der Waals surface area contributed by atoms with Gasteiger partial charge in [0.15, 0.2) is 0 Å². The van der Waals surface area contributed by atoms with E-state index in [1.54, 1.807) is 12.1 Å². The van der Waals surface area contributed by atoms with Gasteiger partial charge < -0.3 is 5.32 Å². The molecule has 0 bridgehead atoms. The van der Waals surface area contributed by atoms with Crippen LogP contribution in [0.1, 0.15) is 31.7 Å². The van der Waals surface area contributed by atoms with Gasteiger partial charge in [-0.3, -0.25) is 4.90 Å². The summed E-state index contributed by atoms with van der Waals surface area (Å²) < 4.78 is 13.7. The van der Waals surface area contributed by atoms with Gasteiger partial charge in [-0.2, -0.15) is 0 Å². The topological polar surface area (TPSA) is 15.3 Å². The average Bonchev–Trinajstić information content (AvgIpc) is 2.85. The molecule has 2 rings (SSSR count). The normalized spacial score (nSPS) is 19.6. The highest BCUT2D eigenvalue weighted by Gasteiger charge is 2.18. The molecule has 1 unspecified atom stereocenters. The van der Waals surface area contributed by atoms with Crippen LogP contribution in [0.5, 0.6) is 0 Å². The van der Waals surface area contributed by atoms with Gasteiger partial charge in [-0.1, -0.05) is 25.1 Å². The Hall–Kier alpha value is -0.930. The zero-order valence-corrected chi connectivity index (χ0v) is 11.2. The van der Waals surface area contributed by atoms with E-state index in [-0.39, 0.29) is 5.82 Å². The van der Waals surface area contributed by atoms with Crippen molar-refractivity contribution in [2.75, 3.05) is 19.6 Å². The Kier molecular flexibility index (Phi) is 5.14. The predicted molar refractivity (Wildman–Crippen MR) is 73.0 cm³/mol. The highest BCUT2D eigenvalue weighted by molar-refractivity contribution is 5.17. The van der Waals surface area contributed by atoms with Crippen LogP contribution in [0.3, 0.4) is 0 Å². The van der Waals surface area contributed by atoms with Crippen LogP contribution in [0, 0.1) is 5.82 Å². The Morgan fingerprint density at radius 3 is 2.89 bits per heavy atom. The SMILES string of the molecule is CCCN(Cc1ccccc1F)CC1CCCN1. The quantitative estimate of drug-likeness (QED) is 0.835. The zero-order chi connectivity index (χ0) is 12.8. The third-order valence-corrected chi connectivity index (χ3v) is 3.53. The fraction of sp³-hybridized carbons (Fsp3) is 0.600. The largest absolute Gasteiger partial charge is 0.313 e. The lowest BCUT2D eigenvalue weighted by Crippen LogP contribution is -2.37. The van der Waals surface area contributed by atoms with Gasteiger partial charge in [-0.05, 0) is 38.4 Å². The molecule has 1 aromatic rings. The third kappa shape index (κ3) is 3.79. The smallest absolute Gasteiger partial charge is 0.127 e. The maximum Gasteiger partial charge on any atom is 0.127 e. The number of hydrogen-bond donors (Lipinski definition) is 1. The van der Waals surface area contributed by atoms with E-state index < -0.39 is 0 Å². The second kappa shape index (κ2) is 6.86. The fourth-order valence-corrected chi connectivity index (χ4v) is 2.64. The first-order valence-electron chi connectivity index (χ1n) is 6.98. The van der Waals surface area contributed by atoms with Crippen molar-refractivity contribution in [3.8, 4) is 0 Å². The minimum absolute atomic E-state index is 0.0852. The molecule has 0 aliphatic carbocycles. The molecule has 1 N–H and O–H groups in total. The molecular formula is C15H23FN2. The van der Waals surface area contributed by atoms with Crippen LogP contribution in [0.25, 0.3) is 0 Å². The van der Waals surface area contributed by atoms with E-state index in [9.17, 15) is 4.39 Å². The van der Waals surface area contributed by atoms with Crippen molar-refractivity contribution in [3.05, 3.63) is 35.6 Å². The number of rotatable bonds is 6. The predicted octanol–water partition coefficient (Wildman–Crippen LogP) is 2.79. The number of benzene rings is 1. The van der Waals surface area contributed by atoms with Crippen molar-refractivity contribution in [1.82, 2.24) is 10.2 Å². The van der Waals surface area contributed by atoms with E-state index in [1.165, 1.54) is 12.8 Å². The molecular weight excluding hydrogens is 227 g/mol. The summed E-state index contributed by atoms with van der Waals surface area (Å²) in [6, 6.07) is 7.69. The van der Waals surface area contributed by atoms with Gasteiger partial charge in [0, 0.05) is 24.7 Å². The Morgan fingerprint density at radius 2 is 2.22 bits per heavy atom. The summed E-state index contributed by atoms with van der Waals surface area (Å²) in [7, 11) is 0. The standard InChI is InChI=1S/C15H23FN2/c1-2-10-18(12-14-7-5-9-17-14)11-13-6-3-4-8-15(13)16/h3-4,6,8,14,17H,2,5,7,9-12H2,1H3. The molecule has 2 nitrogen and oxygen atoms in total. The zero-order valence-electron chi connectivity index (χ0n) is 11.2. The molecule has 1 atom stereocenters. The third-order valence-electron chi connectivity index (χ3n) is 3.53. The van der Waals surface area contributed by atoms with E-state index >= 15 is 0 Å². The second-order valence-electron chi connectivity index (χ2n) is 5.12. The lowest BCUT2D eigenvalue weighted by atomic mass is 10.1. The minimum Gasteiger partial charge on any atom is -0.313 e. The van der Waals surface area contributed by atoms with Crippen LogP contribution >= 0.6 is 0 Å². The first-order chi connectivity index (χ1) is 8.79. The molecule has 0 radical (unpaired) electrons. The Morgan fingerprint density at radius 1 is 1.39 bits per heavy atom. The van der Waals surface area contributed by atoms with Crippen molar-refractivity contribution in [1.29, 1.82) is 0 Å². The molecule has 0 spiro atoms. The van der Waals surface area contributed by atoms with Crippen molar-refractivity contribution in [2.45, 2.75) is 38.8 Å². The van der Waals surface area contributed by atoms with Gasteiger partial charge in [-0.15, -0.1) is 0 Å². The molecule has 0 aromatic heterocycles. The van der Waals surface area contributed by atoms with Gasteiger partial charge in [0.25, 0.3) is 0 Å². The van der Waals surface area contributed by atoms with Gasteiger partial charge in [0.05, 0.1) is 0 Å². The van der Waals surface area contributed by atoms with Crippen LogP contribution in [0.15, 0.2) is 24.3 Å². The van der Waals surface area contributed by atoms with E-state index in [2.05, 4.69) is 17.1 Å². The van der Waals surface area contributed by atoms with Crippen molar-refractivity contribution >= 4 is 0 Å². The van der Waals surface area contributed by atoms with E-state index in [0.29, 0.717) is 6.04 Å². The minimum atomic E-state index is -0.0852. The highest BCUT2D eigenvalue weighted by Crippen LogP contribution is 2.13. The molecule has 0 saturated carbocycles. The molecule has 1 aromatic carbocycles. The fourth-order valence-electron chi connectivity index (χ4n) is 2.64. The summed E-state index contributed by atoms with van der Waals surface area (Å²) in [5.41, 5.74) is 0.809. The van der Waals surface area contributed by atoms with E-state index in [4.69, 9.17) is 0 Å². The lowest BCUT2D eigenvalue weighted by Gasteiger charge is -2.25. The summed E-state index contributed by atoms with van der Waals surface area (Å²) in [4.78, 5) is 2.36. The van der Waals surface area contributed by atoms with Gasteiger partial charge in [-0.25, -0.2) is 4.39 Å². The molecule has 1 aliphatic heterocycles. The number of hydrogen-bond acceptors (Lipinski definition) is 2. The van der Waals surface area contributed by atoms with Crippen LogP contribution in [0.4, 0.5) is 4.39 Å². The number of nitrogens with zero attached hydrogens (tertiary/aromatic N) is 1. The van der Waals surface area contributed by atoms with E-state index in [0.717, 1.165) is 38.2 Å². The molecule has 100 valence electrons. The first-order valence-corrected chi connectivity index (χ1v) is 6.98. The Labute approximate surface area is 109 Å². The van der Waals surface area contributed by atoms with E-state index in [1.807, 2.05) is 12.1 Å².